The minimum Gasteiger partial charge on any atom is -0.481 e. The normalized spacial score (nSPS) is 14.1. The van der Waals surface area contributed by atoms with Crippen molar-refractivity contribution in [2.75, 3.05) is 0 Å². The van der Waals surface area contributed by atoms with Crippen LogP contribution in [0, 0.1) is 0 Å². The van der Waals surface area contributed by atoms with Gasteiger partial charge >= 0.3 is 17.9 Å². The van der Waals surface area contributed by atoms with E-state index in [1.807, 2.05) is 0 Å². The van der Waals surface area contributed by atoms with Crippen molar-refractivity contribution in [1.82, 2.24) is 16.0 Å². The predicted molar refractivity (Wildman–Crippen MR) is 112 cm³/mol. The summed E-state index contributed by atoms with van der Waals surface area (Å²) in [5.74, 6) is -7.06. The molecule has 0 radical (unpaired) electrons. The Labute approximate surface area is 188 Å². The van der Waals surface area contributed by atoms with E-state index in [1.165, 1.54) is 6.92 Å². The smallest absolute Gasteiger partial charge is 0.326 e. The fraction of sp³-hybridized carbons (Fsp3) is 0.400. The van der Waals surface area contributed by atoms with Crippen molar-refractivity contribution in [2.45, 2.75) is 50.4 Å². The number of carboxylic acids is 3. The molecule has 0 bridgehead atoms. The number of carbonyl (C=O) groups excluding carboxylic acids is 3. The molecule has 0 aliphatic rings. The molecule has 13 nitrogen and oxygen atoms in total. The molecule has 4 atom stereocenters. The van der Waals surface area contributed by atoms with Gasteiger partial charge in [0, 0.05) is 6.42 Å². The Bertz CT molecular complexity index is 891. The van der Waals surface area contributed by atoms with Crippen molar-refractivity contribution in [3.05, 3.63) is 35.9 Å². The summed E-state index contributed by atoms with van der Waals surface area (Å²) in [4.78, 5) is 70.1. The highest BCUT2D eigenvalue weighted by Crippen LogP contribution is 2.05. The third-order valence-electron chi connectivity index (χ3n) is 4.39. The number of carboxylic acid groups (broad SMARTS) is 3. The molecule has 0 saturated carbocycles. The fourth-order valence-electron chi connectivity index (χ4n) is 2.67. The van der Waals surface area contributed by atoms with Crippen LogP contribution in [0.1, 0.15) is 25.3 Å². The van der Waals surface area contributed by atoms with Gasteiger partial charge in [-0.25, -0.2) is 4.79 Å². The summed E-state index contributed by atoms with van der Waals surface area (Å²) < 4.78 is 0. The van der Waals surface area contributed by atoms with Gasteiger partial charge in [-0.15, -0.1) is 0 Å². The maximum absolute atomic E-state index is 12.6. The molecule has 33 heavy (non-hydrogen) atoms. The Morgan fingerprint density at radius 2 is 1.33 bits per heavy atom. The van der Waals surface area contributed by atoms with Gasteiger partial charge in [0.15, 0.2) is 0 Å². The van der Waals surface area contributed by atoms with Gasteiger partial charge in [-0.2, -0.15) is 0 Å². The zero-order valence-corrected chi connectivity index (χ0v) is 17.7. The van der Waals surface area contributed by atoms with Gasteiger partial charge in [0.25, 0.3) is 0 Å². The molecule has 8 N–H and O–H groups in total. The standard InChI is InChI=1S/C20H26N4O9/c1-10(22-18(30)12(21)8-15(25)26)17(29)23-13(9-16(27)28)19(31)24-14(20(32)33)7-11-5-3-2-4-6-11/h2-6,10,12-14H,7-9,21H2,1H3,(H,22,30)(H,23,29)(H,24,31)(H,25,26)(H,27,28)(H,32,33). The van der Waals surface area contributed by atoms with Gasteiger partial charge in [-0.05, 0) is 12.5 Å². The van der Waals surface area contributed by atoms with E-state index in [4.69, 9.17) is 15.9 Å². The summed E-state index contributed by atoms with van der Waals surface area (Å²) in [5.41, 5.74) is 6.02. The quantitative estimate of drug-likeness (QED) is 0.170. The van der Waals surface area contributed by atoms with Crippen LogP contribution in [0.2, 0.25) is 0 Å². The molecule has 0 aliphatic carbocycles. The molecular weight excluding hydrogens is 440 g/mol. The number of rotatable bonds is 13. The van der Waals surface area contributed by atoms with Crippen molar-refractivity contribution < 1.29 is 44.1 Å². The highest BCUT2D eigenvalue weighted by Gasteiger charge is 2.30. The maximum atomic E-state index is 12.6. The number of hydrogen-bond donors (Lipinski definition) is 7. The number of nitrogens with two attached hydrogens (primary N) is 1. The third kappa shape index (κ3) is 9.78. The van der Waals surface area contributed by atoms with Crippen molar-refractivity contribution in [3.63, 3.8) is 0 Å². The average molecular weight is 466 g/mol. The monoisotopic (exact) mass is 466 g/mol. The Kier molecular flexibility index (Phi) is 10.5. The van der Waals surface area contributed by atoms with Crippen LogP contribution >= 0.6 is 0 Å². The van der Waals surface area contributed by atoms with Crippen LogP contribution in [0.15, 0.2) is 30.3 Å². The zero-order valence-electron chi connectivity index (χ0n) is 17.7. The Hall–Kier alpha value is -4.00. The van der Waals surface area contributed by atoms with Crippen molar-refractivity contribution in [2.24, 2.45) is 5.73 Å². The molecule has 1 aromatic carbocycles. The first-order valence-electron chi connectivity index (χ1n) is 9.77. The summed E-state index contributed by atoms with van der Waals surface area (Å²) in [7, 11) is 0. The highest BCUT2D eigenvalue weighted by atomic mass is 16.4. The van der Waals surface area contributed by atoms with E-state index >= 15 is 0 Å². The van der Waals surface area contributed by atoms with Crippen LogP contribution < -0.4 is 21.7 Å². The average Bonchev–Trinajstić information content (AvgIpc) is 2.72. The molecule has 1 aromatic rings. The van der Waals surface area contributed by atoms with Gasteiger partial charge < -0.3 is 37.0 Å². The molecular formula is C20H26N4O9. The Morgan fingerprint density at radius 1 is 0.788 bits per heavy atom. The topological polar surface area (TPSA) is 225 Å². The van der Waals surface area contributed by atoms with E-state index in [2.05, 4.69) is 16.0 Å². The summed E-state index contributed by atoms with van der Waals surface area (Å²) in [6.45, 7) is 1.21. The molecule has 0 spiro atoms. The SMILES string of the molecule is CC(NC(=O)C(N)CC(=O)O)C(=O)NC(CC(=O)O)C(=O)NC(Cc1ccccc1)C(=O)O. The fourth-order valence-corrected chi connectivity index (χ4v) is 2.67. The predicted octanol–water partition coefficient (Wildman–Crippen LogP) is -1.94. The summed E-state index contributed by atoms with van der Waals surface area (Å²) in [5, 5.41) is 33.7. The van der Waals surface area contributed by atoms with Gasteiger partial charge in [-0.3, -0.25) is 24.0 Å². The van der Waals surface area contributed by atoms with E-state index in [0.717, 1.165) is 0 Å². The van der Waals surface area contributed by atoms with Gasteiger partial charge in [0.2, 0.25) is 17.7 Å². The highest BCUT2D eigenvalue weighted by molar-refractivity contribution is 5.95. The lowest BCUT2D eigenvalue weighted by Gasteiger charge is -2.23. The van der Waals surface area contributed by atoms with E-state index in [-0.39, 0.29) is 6.42 Å². The van der Waals surface area contributed by atoms with Crippen LogP contribution in [0.4, 0.5) is 0 Å². The molecule has 3 amide bonds. The minimum atomic E-state index is -1.64. The summed E-state index contributed by atoms with van der Waals surface area (Å²) in [6, 6.07) is 2.65. The largest absolute Gasteiger partial charge is 0.481 e. The molecule has 0 fully saturated rings. The Balaban J connectivity index is 2.84. The first-order chi connectivity index (χ1) is 15.4. The van der Waals surface area contributed by atoms with Gasteiger partial charge in [0.05, 0.1) is 18.9 Å². The molecule has 1 rings (SSSR count). The molecule has 0 aromatic heterocycles. The van der Waals surface area contributed by atoms with Gasteiger partial charge in [0.1, 0.15) is 18.1 Å². The van der Waals surface area contributed by atoms with E-state index in [0.29, 0.717) is 5.56 Å². The van der Waals surface area contributed by atoms with E-state index < -0.39 is 72.6 Å². The second-order valence-corrected chi connectivity index (χ2v) is 7.18. The molecule has 0 heterocycles. The lowest BCUT2D eigenvalue weighted by Crippen LogP contribution is -2.57. The number of aliphatic carboxylic acids is 3. The van der Waals surface area contributed by atoms with Crippen LogP contribution in [0.5, 0.6) is 0 Å². The van der Waals surface area contributed by atoms with E-state index in [9.17, 15) is 33.9 Å². The first-order valence-corrected chi connectivity index (χ1v) is 9.77. The number of nitrogens with one attached hydrogen (secondary N) is 3. The lowest BCUT2D eigenvalue weighted by molar-refractivity contribution is -0.143. The Morgan fingerprint density at radius 3 is 1.85 bits per heavy atom. The molecule has 4 unspecified atom stereocenters. The van der Waals surface area contributed by atoms with E-state index in [1.54, 1.807) is 30.3 Å². The van der Waals surface area contributed by atoms with Crippen LogP contribution in [0.25, 0.3) is 0 Å². The number of hydrogen-bond acceptors (Lipinski definition) is 7. The lowest BCUT2D eigenvalue weighted by atomic mass is 10.0. The number of carbonyl (C=O) groups is 6. The minimum absolute atomic E-state index is 0.0798. The van der Waals surface area contributed by atoms with Crippen molar-refractivity contribution in [3.8, 4) is 0 Å². The van der Waals surface area contributed by atoms with Crippen molar-refractivity contribution >= 4 is 35.6 Å². The second kappa shape index (κ2) is 12.8. The molecule has 0 aliphatic heterocycles. The zero-order chi connectivity index (χ0) is 25.1. The van der Waals surface area contributed by atoms with Crippen LogP contribution in [0.3, 0.4) is 0 Å². The third-order valence-corrected chi connectivity index (χ3v) is 4.39. The summed E-state index contributed by atoms with van der Waals surface area (Å²) >= 11 is 0. The number of benzene rings is 1. The maximum Gasteiger partial charge on any atom is 0.326 e. The second-order valence-electron chi connectivity index (χ2n) is 7.18. The van der Waals surface area contributed by atoms with Crippen LogP contribution in [-0.2, 0) is 35.2 Å². The number of amides is 3. The molecule has 0 saturated heterocycles. The first kappa shape index (κ1) is 27.0. The summed E-state index contributed by atoms with van der Waals surface area (Å²) in [6.07, 6.45) is -1.61. The molecule has 180 valence electrons. The molecule has 13 heteroatoms. The van der Waals surface area contributed by atoms with Crippen molar-refractivity contribution in [1.29, 1.82) is 0 Å². The van der Waals surface area contributed by atoms with Gasteiger partial charge in [-0.1, -0.05) is 30.3 Å². The van der Waals surface area contributed by atoms with Crippen LogP contribution in [-0.4, -0.2) is 75.1 Å².